The molecule has 0 saturated carbocycles. The lowest BCUT2D eigenvalue weighted by Gasteiger charge is -2.36. The smallest absolute Gasteiger partial charge is 0.0793 e. The van der Waals surface area contributed by atoms with Crippen molar-refractivity contribution < 1.29 is 5.11 Å². The molecule has 0 radical (unpaired) electrons. The fourth-order valence-electron chi connectivity index (χ4n) is 3.68. The van der Waals surface area contributed by atoms with Crippen molar-refractivity contribution in [3.8, 4) is 0 Å². The molecule has 0 aliphatic carbocycles. The summed E-state index contributed by atoms with van der Waals surface area (Å²) in [5.41, 5.74) is 0. The molecule has 2 heterocycles. The Hall–Kier alpha value is -0.160. The topological polar surface area (TPSA) is 38.7 Å². The van der Waals surface area contributed by atoms with Crippen molar-refractivity contribution in [2.75, 3.05) is 52.4 Å². The fraction of sp³-hybridized carbons (Fsp3) is 1.00. The van der Waals surface area contributed by atoms with Crippen molar-refractivity contribution in [2.45, 2.75) is 32.8 Å². The molecule has 0 amide bonds. The Labute approximate surface area is 118 Å². The van der Waals surface area contributed by atoms with E-state index in [9.17, 15) is 5.11 Å². The molecule has 2 aliphatic heterocycles. The first-order chi connectivity index (χ1) is 9.13. The van der Waals surface area contributed by atoms with Crippen LogP contribution in [0.4, 0.5) is 0 Å². The van der Waals surface area contributed by atoms with Gasteiger partial charge in [-0.15, -0.1) is 0 Å². The summed E-state index contributed by atoms with van der Waals surface area (Å²) in [5, 5.41) is 13.7. The zero-order valence-electron chi connectivity index (χ0n) is 12.6. The first-order valence-corrected chi connectivity index (χ1v) is 7.97. The van der Waals surface area contributed by atoms with E-state index in [1.165, 1.54) is 12.8 Å². The maximum atomic E-state index is 10.3. The van der Waals surface area contributed by atoms with Crippen molar-refractivity contribution in [2.24, 2.45) is 11.8 Å². The highest BCUT2D eigenvalue weighted by Crippen LogP contribution is 2.20. The Morgan fingerprint density at radius 3 is 2.47 bits per heavy atom. The van der Waals surface area contributed by atoms with Crippen LogP contribution < -0.4 is 5.32 Å². The van der Waals surface area contributed by atoms with Gasteiger partial charge in [0.25, 0.3) is 0 Å². The van der Waals surface area contributed by atoms with Crippen LogP contribution in [0.25, 0.3) is 0 Å². The lowest BCUT2D eigenvalue weighted by molar-refractivity contribution is 0.0487. The van der Waals surface area contributed by atoms with Gasteiger partial charge in [0.1, 0.15) is 0 Å². The quantitative estimate of drug-likeness (QED) is 0.785. The summed E-state index contributed by atoms with van der Waals surface area (Å²) in [6.07, 6.45) is 2.34. The summed E-state index contributed by atoms with van der Waals surface area (Å²) in [5.74, 6) is 1.55. The summed E-state index contributed by atoms with van der Waals surface area (Å²) < 4.78 is 0. The number of piperidine rings is 1. The number of β-amino-alcohol motifs (C(OH)–C–C–N with tert-alkyl or cyclic N) is 1. The van der Waals surface area contributed by atoms with E-state index in [2.05, 4.69) is 29.0 Å². The standard InChI is InChI=1S/C15H31N3O/c1-13-8-14(2)10-18(9-13)12-15(19)11-17-6-3-4-16-5-7-17/h13-16,19H,3-12H2,1-2H3/t13-,14-,15-/m0/s1. The average Bonchev–Trinajstić information content (AvgIpc) is 2.55. The molecule has 2 N–H and O–H groups in total. The first-order valence-electron chi connectivity index (χ1n) is 7.97. The van der Waals surface area contributed by atoms with Crippen LogP contribution in [0.1, 0.15) is 26.7 Å². The number of likely N-dealkylation sites (tertiary alicyclic amines) is 1. The highest BCUT2D eigenvalue weighted by molar-refractivity contribution is 4.78. The minimum Gasteiger partial charge on any atom is -0.390 e. The third-order valence-electron chi connectivity index (χ3n) is 4.32. The number of hydrogen-bond donors (Lipinski definition) is 2. The first kappa shape index (κ1) is 15.2. The van der Waals surface area contributed by atoms with Gasteiger partial charge >= 0.3 is 0 Å². The second kappa shape index (κ2) is 7.58. The van der Waals surface area contributed by atoms with Crippen molar-refractivity contribution in [3.05, 3.63) is 0 Å². The molecule has 3 atom stereocenters. The molecule has 0 unspecified atom stereocenters. The second-order valence-corrected chi connectivity index (χ2v) is 6.72. The monoisotopic (exact) mass is 269 g/mol. The summed E-state index contributed by atoms with van der Waals surface area (Å²) >= 11 is 0. The molecule has 0 aromatic heterocycles. The molecule has 2 rings (SSSR count). The number of nitrogens with zero attached hydrogens (tertiary/aromatic N) is 2. The summed E-state index contributed by atoms with van der Waals surface area (Å²) in [4.78, 5) is 4.86. The molecule has 0 aromatic carbocycles. The van der Waals surface area contributed by atoms with Gasteiger partial charge in [-0.2, -0.15) is 0 Å². The number of hydrogen-bond acceptors (Lipinski definition) is 4. The van der Waals surface area contributed by atoms with Gasteiger partial charge in [0.15, 0.2) is 0 Å². The molecule has 2 saturated heterocycles. The van der Waals surface area contributed by atoms with Crippen LogP contribution in [0.2, 0.25) is 0 Å². The van der Waals surface area contributed by atoms with E-state index in [-0.39, 0.29) is 6.10 Å². The number of aliphatic hydroxyl groups is 1. The molecule has 112 valence electrons. The molecular formula is C15H31N3O. The maximum Gasteiger partial charge on any atom is 0.0793 e. The molecular weight excluding hydrogens is 238 g/mol. The Morgan fingerprint density at radius 1 is 1.05 bits per heavy atom. The fourth-order valence-corrected chi connectivity index (χ4v) is 3.68. The van der Waals surface area contributed by atoms with Crippen LogP contribution in [0.3, 0.4) is 0 Å². The zero-order chi connectivity index (χ0) is 13.7. The van der Waals surface area contributed by atoms with Gasteiger partial charge in [0, 0.05) is 39.3 Å². The zero-order valence-corrected chi connectivity index (χ0v) is 12.6. The predicted molar refractivity (Wildman–Crippen MR) is 79.3 cm³/mol. The molecule has 0 spiro atoms. The van der Waals surface area contributed by atoms with Crippen molar-refractivity contribution in [3.63, 3.8) is 0 Å². The average molecular weight is 269 g/mol. The van der Waals surface area contributed by atoms with Crippen LogP contribution in [0.5, 0.6) is 0 Å². The molecule has 4 nitrogen and oxygen atoms in total. The van der Waals surface area contributed by atoms with Crippen molar-refractivity contribution >= 4 is 0 Å². The van der Waals surface area contributed by atoms with Gasteiger partial charge in [0.2, 0.25) is 0 Å². The third-order valence-corrected chi connectivity index (χ3v) is 4.32. The number of nitrogens with one attached hydrogen (secondary N) is 1. The SMILES string of the molecule is C[C@H]1C[C@H](C)CN(C[C@@H](O)CN2CCCNCC2)C1. The van der Waals surface area contributed by atoms with Crippen LogP contribution >= 0.6 is 0 Å². The van der Waals surface area contributed by atoms with Crippen LogP contribution in [-0.4, -0.2) is 73.4 Å². The van der Waals surface area contributed by atoms with E-state index in [4.69, 9.17) is 0 Å². The number of aliphatic hydroxyl groups excluding tert-OH is 1. The molecule has 2 aliphatic rings. The van der Waals surface area contributed by atoms with Gasteiger partial charge in [-0.05, 0) is 37.8 Å². The summed E-state index contributed by atoms with van der Waals surface area (Å²) in [6, 6.07) is 0. The maximum absolute atomic E-state index is 10.3. The van der Waals surface area contributed by atoms with Crippen molar-refractivity contribution in [1.82, 2.24) is 15.1 Å². The predicted octanol–water partition coefficient (Wildman–Crippen LogP) is 0.621. The lowest BCUT2D eigenvalue weighted by Crippen LogP contribution is -2.46. The molecule has 2 fully saturated rings. The Balaban J connectivity index is 1.72. The van der Waals surface area contributed by atoms with Gasteiger partial charge in [-0.1, -0.05) is 13.8 Å². The minimum absolute atomic E-state index is 0.199. The molecule has 0 bridgehead atoms. The van der Waals surface area contributed by atoms with E-state index >= 15 is 0 Å². The highest BCUT2D eigenvalue weighted by Gasteiger charge is 2.24. The Bertz CT molecular complexity index is 244. The third kappa shape index (κ3) is 5.38. The minimum atomic E-state index is -0.199. The van der Waals surface area contributed by atoms with E-state index in [0.717, 1.165) is 64.2 Å². The lowest BCUT2D eigenvalue weighted by atomic mass is 9.92. The van der Waals surface area contributed by atoms with Crippen LogP contribution in [0, 0.1) is 11.8 Å². The van der Waals surface area contributed by atoms with Crippen LogP contribution in [-0.2, 0) is 0 Å². The largest absolute Gasteiger partial charge is 0.390 e. The molecule has 0 aromatic rings. The van der Waals surface area contributed by atoms with Crippen molar-refractivity contribution in [1.29, 1.82) is 0 Å². The van der Waals surface area contributed by atoms with Gasteiger partial charge in [-0.25, -0.2) is 0 Å². The second-order valence-electron chi connectivity index (χ2n) is 6.72. The number of rotatable bonds is 4. The summed E-state index contributed by atoms with van der Waals surface area (Å²) in [7, 11) is 0. The normalized spacial score (nSPS) is 33.0. The highest BCUT2D eigenvalue weighted by atomic mass is 16.3. The van der Waals surface area contributed by atoms with E-state index < -0.39 is 0 Å². The van der Waals surface area contributed by atoms with Gasteiger partial charge in [-0.3, -0.25) is 4.90 Å². The Kier molecular flexibility index (Phi) is 6.07. The summed E-state index contributed by atoms with van der Waals surface area (Å²) in [6.45, 7) is 13.0. The Morgan fingerprint density at radius 2 is 1.74 bits per heavy atom. The van der Waals surface area contributed by atoms with Gasteiger partial charge < -0.3 is 15.3 Å². The van der Waals surface area contributed by atoms with Gasteiger partial charge in [0.05, 0.1) is 6.10 Å². The molecule has 4 heteroatoms. The van der Waals surface area contributed by atoms with E-state index in [1.54, 1.807) is 0 Å². The van der Waals surface area contributed by atoms with Crippen LogP contribution in [0.15, 0.2) is 0 Å². The van der Waals surface area contributed by atoms with E-state index in [0.29, 0.717) is 0 Å². The molecule has 19 heavy (non-hydrogen) atoms. The van der Waals surface area contributed by atoms with E-state index in [1.807, 2.05) is 0 Å².